The molecule has 2 saturated heterocycles. The lowest BCUT2D eigenvalue weighted by Crippen LogP contribution is -2.41. The number of esters is 1. The Morgan fingerprint density at radius 2 is 1.82 bits per heavy atom. The van der Waals surface area contributed by atoms with Crippen molar-refractivity contribution in [2.75, 3.05) is 19.5 Å². The predicted molar refractivity (Wildman–Crippen MR) is 127 cm³/mol. The molecular weight excluding hydrogens is 421 g/mol. The fourth-order valence-corrected chi connectivity index (χ4v) is 4.38. The average Bonchev–Trinajstić information content (AvgIpc) is 2.98. The Hall–Kier alpha value is -2.71. The van der Waals surface area contributed by atoms with Crippen molar-refractivity contribution in [2.24, 2.45) is 5.92 Å². The average molecular weight is 453 g/mol. The van der Waals surface area contributed by atoms with E-state index in [1.807, 2.05) is 45.9 Å². The summed E-state index contributed by atoms with van der Waals surface area (Å²) in [5.74, 6) is 0.263. The van der Waals surface area contributed by atoms with Gasteiger partial charge in [0.2, 0.25) is 0 Å². The van der Waals surface area contributed by atoms with Gasteiger partial charge in [-0.25, -0.2) is 0 Å². The number of hydrogen-bond donors (Lipinski definition) is 2. The summed E-state index contributed by atoms with van der Waals surface area (Å²) in [7, 11) is 1.08. The molecule has 2 aliphatic heterocycles. The molecule has 3 N–H and O–H groups in total. The van der Waals surface area contributed by atoms with Crippen LogP contribution in [0.4, 0.5) is 5.69 Å². The first-order valence-corrected chi connectivity index (χ1v) is 11.3. The molecule has 2 aromatic rings. The Balaban J connectivity index is 1.56. The van der Waals surface area contributed by atoms with Crippen LogP contribution in [-0.2, 0) is 25.3 Å². The highest BCUT2D eigenvalue weighted by Crippen LogP contribution is 2.38. The van der Waals surface area contributed by atoms with Crippen LogP contribution in [0.15, 0.2) is 36.4 Å². The summed E-state index contributed by atoms with van der Waals surface area (Å²) in [6, 6.07) is 11.0. The third-order valence-corrected chi connectivity index (χ3v) is 7.14. The second-order valence-electron chi connectivity index (χ2n) is 9.95. The van der Waals surface area contributed by atoms with Crippen molar-refractivity contribution in [3.8, 4) is 11.5 Å². The maximum Gasteiger partial charge on any atom is 0.498 e. The molecule has 176 valence electrons. The van der Waals surface area contributed by atoms with Crippen LogP contribution in [0.25, 0.3) is 0 Å². The van der Waals surface area contributed by atoms with E-state index in [1.165, 1.54) is 0 Å². The molecule has 2 fully saturated rings. The second-order valence-corrected chi connectivity index (χ2v) is 9.95. The monoisotopic (exact) mass is 453 g/mol. The van der Waals surface area contributed by atoms with Gasteiger partial charge in [-0.05, 0) is 69.9 Å². The van der Waals surface area contributed by atoms with Gasteiger partial charge in [0.1, 0.15) is 11.5 Å². The molecule has 0 spiro atoms. The largest absolute Gasteiger partial charge is 0.506 e. The lowest BCUT2D eigenvalue weighted by molar-refractivity contribution is -0.154. The van der Waals surface area contributed by atoms with Gasteiger partial charge in [0.25, 0.3) is 0 Å². The van der Waals surface area contributed by atoms with Gasteiger partial charge in [0, 0.05) is 11.4 Å². The Morgan fingerprint density at radius 1 is 1.12 bits per heavy atom. The summed E-state index contributed by atoms with van der Waals surface area (Å²) < 4.78 is 23.7. The van der Waals surface area contributed by atoms with Gasteiger partial charge in [-0.15, -0.1) is 0 Å². The number of hydrogen-bond acceptors (Lipinski definition) is 7. The van der Waals surface area contributed by atoms with E-state index in [1.54, 1.807) is 25.3 Å². The minimum Gasteiger partial charge on any atom is -0.506 e. The number of aromatic hydroxyl groups is 1. The van der Waals surface area contributed by atoms with Crippen molar-refractivity contribution in [3.63, 3.8) is 0 Å². The second kappa shape index (κ2) is 8.58. The Morgan fingerprint density at radius 3 is 2.45 bits per heavy atom. The van der Waals surface area contributed by atoms with Gasteiger partial charge in [-0.1, -0.05) is 18.2 Å². The van der Waals surface area contributed by atoms with Crippen LogP contribution in [0, 0.1) is 5.92 Å². The van der Waals surface area contributed by atoms with Crippen LogP contribution in [0.2, 0.25) is 0 Å². The van der Waals surface area contributed by atoms with Gasteiger partial charge in [0.05, 0.1) is 36.5 Å². The van der Waals surface area contributed by atoms with E-state index >= 15 is 0 Å². The Labute approximate surface area is 195 Å². The number of nitrogens with two attached hydrogens (primary N) is 1. The summed E-state index contributed by atoms with van der Waals surface area (Å²) in [4.78, 5) is 12.5. The highest BCUT2D eigenvalue weighted by molar-refractivity contribution is 6.63. The van der Waals surface area contributed by atoms with Gasteiger partial charge in [-0.3, -0.25) is 4.79 Å². The molecule has 0 aliphatic carbocycles. The molecule has 0 bridgehead atoms. The van der Waals surface area contributed by atoms with E-state index in [4.69, 9.17) is 24.5 Å². The number of nitrogen functional groups attached to an aromatic ring is 1. The molecule has 2 aliphatic rings. The first-order valence-electron chi connectivity index (χ1n) is 11.3. The number of cyclic esters (lactones) is 1. The van der Waals surface area contributed by atoms with Crippen molar-refractivity contribution in [2.45, 2.75) is 57.7 Å². The van der Waals surface area contributed by atoms with Crippen molar-refractivity contribution in [1.82, 2.24) is 0 Å². The number of ether oxygens (including phenoxy) is 2. The standard InChI is InChI=1S/C25H32BNO6/c1-24(2)25(3,4)33-26(32-24)19-13-16(7-9-22(19)30-5)18-12-17(23(29)31-14-18)10-15-6-8-21(28)20(27)11-15/h6-9,11,13,17-18,28H,10,12,14,27H2,1-5H3/t17?,18-/m1/s1. The van der Waals surface area contributed by atoms with E-state index in [0.29, 0.717) is 30.9 Å². The number of anilines is 1. The van der Waals surface area contributed by atoms with Crippen LogP contribution >= 0.6 is 0 Å². The molecule has 0 saturated carbocycles. The number of methoxy groups -OCH3 is 1. The molecule has 33 heavy (non-hydrogen) atoms. The van der Waals surface area contributed by atoms with E-state index in [-0.39, 0.29) is 23.6 Å². The van der Waals surface area contributed by atoms with Gasteiger partial charge < -0.3 is 29.6 Å². The zero-order chi connectivity index (χ0) is 24.0. The van der Waals surface area contributed by atoms with Crippen molar-refractivity contribution in [3.05, 3.63) is 47.5 Å². The number of benzene rings is 2. The molecule has 8 heteroatoms. The van der Waals surface area contributed by atoms with E-state index in [2.05, 4.69) is 0 Å². The van der Waals surface area contributed by atoms with Gasteiger partial charge in [0.15, 0.2) is 0 Å². The zero-order valence-corrected chi connectivity index (χ0v) is 19.9. The van der Waals surface area contributed by atoms with Gasteiger partial charge in [-0.2, -0.15) is 0 Å². The van der Waals surface area contributed by atoms with Crippen molar-refractivity contribution in [1.29, 1.82) is 0 Å². The summed E-state index contributed by atoms with van der Waals surface area (Å²) in [6.45, 7) is 8.40. The molecule has 2 atom stereocenters. The van der Waals surface area contributed by atoms with Crippen LogP contribution < -0.4 is 15.9 Å². The molecule has 0 aromatic heterocycles. The van der Waals surface area contributed by atoms with E-state index in [9.17, 15) is 9.90 Å². The summed E-state index contributed by atoms with van der Waals surface area (Å²) in [6.07, 6.45) is 1.15. The van der Waals surface area contributed by atoms with Crippen molar-refractivity contribution < 1.29 is 28.7 Å². The highest BCUT2D eigenvalue weighted by Gasteiger charge is 2.52. The van der Waals surface area contributed by atoms with E-state index < -0.39 is 18.3 Å². The number of phenolic OH excluding ortho intramolecular Hbond substituents is 1. The quantitative estimate of drug-likeness (QED) is 0.311. The van der Waals surface area contributed by atoms with E-state index in [0.717, 1.165) is 16.6 Å². The number of carbonyl (C=O) groups excluding carboxylic acids is 1. The fraction of sp³-hybridized carbons (Fsp3) is 0.480. The zero-order valence-electron chi connectivity index (χ0n) is 19.9. The van der Waals surface area contributed by atoms with Crippen molar-refractivity contribution >= 4 is 24.2 Å². The fourth-order valence-electron chi connectivity index (χ4n) is 4.38. The lowest BCUT2D eigenvalue weighted by atomic mass is 9.75. The molecule has 0 radical (unpaired) electrons. The van der Waals surface area contributed by atoms with Crippen LogP contribution in [0.1, 0.15) is 51.2 Å². The van der Waals surface area contributed by atoms with Crippen LogP contribution in [-0.4, -0.2) is 43.1 Å². The molecule has 2 aromatic carbocycles. The third-order valence-electron chi connectivity index (χ3n) is 7.14. The first-order chi connectivity index (χ1) is 15.5. The summed E-state index contributed by atoms with van der Waals surface area (Å²) >= 11 is 0. The Bertz CT molecular complexity index is 1040. The summed E-state index contributed by atoms with van der Waals surface area (Å²) in [5, 5.41) is 9.67. The molecule has 4 rings (SSSR count). The molecule has 0 amide bonds. The number of rotatable bonds is 5. The normalized spacial score (nSPS) is 23.9. The topological polar surface area (TPSA) is 100 Å². The lowest BCUT2D eigenvalue weighted by Gasteiger charge is -2.32. The van der Waals surface area contributed by atoms with Crippen LogP contribution in [0.5, 0.6) is 11.5 Å². The smallest absolute Gasteiger partial charge is 0.498 e. The summed E-state index contributed by atoms with van der Waals surface area (Å²) in [5.41, 5.74) is 7.96. The van der Waals surface area contributed by atoms with Crippen LogP contribution in [0.3, 0.4) is 0 Å². The molecule has 1 unspecified atom stereocenters. The minimum absolute atomic E-state index is 0.0363. The maximum absolute atomic E-state index is 12.5. The highest BCUT2D eigenvalue weighted by atomic mass is 16.7. The maximum atomic E-state index is 12.5. The minimum atomic E-state index is -0.549. The molecule has 2 heterocycles. The number of phenols is 1. The predicted octanol–water partition coefficient (Wildman–Crippen LogP) is 3.17. The third kappa shape index (κ3) is 4.55. The first kappa shape index (κ1) is 23.5. The molecule has 7 nitrogen and oxygen atoms in total. The molecular formula is C25H32BNO6. The Kier molecular flexibility index (Phi) is 6.10. The SMILES string of the molecule is COc1ccc([C@H]2COC(=O)C(Cc3ccc(O)c(N)c3)C2)cc1B1OC(C)(C)C(C)(C)O1. The van der Waals surface area contributed by atoms with Gasteiger partial charge >= 0.3 is 13.1 Å². The number of carbonyl (C=O) groups is 1.